The van der Waals surface area contributed by atoms with Crippen LogP contribution in [-0.4, -0.2) is 22.2 Å². The average molecular weight is 258 g/mol. The molecule has 0 atom stereocenters. The Kier molecular flexibility index (Phi) is 3.88. The molecule has 5 heteroatoms. The molecule has 1 rings (SSSR count). The zero-order chi connectivity index (χ0) is 10.6. The quantitative estimate of drug-likeness (QED) is 0.826. The van der Waals surface area contributed by atoms with E-state index in [2.05, 4.69) is 32.9 Å². The normalized spacial score (nSPS) is 9.86. The maximum Gasteiger partial charge on any atom is 0.241 e. The topological polar surface area (TPSA) is 46.9 Å². The summed E-state index contributed by atoms with van der Waals surface area (Å²) in [4.78, 5) is 11.3. The first-order valence-corrected chi connectivity index (χ1v) is 5.00. The third-order valence-corrected chi connectivity index (χ3v) is 2.56. The smallest absolute Gasteiger partial charge is 0.241 e. The number of nitrogens with one attached hydrogen (secondary N) is 1. The standard InChI is InChI=1S/C9H12BrN3O/c1-3-4-11-9(14)6-13-7(2)8(10)5-12-13/h3,5H,1,4,6H2,2H3,(H,11,14). The summed E-state index contributed by atoms with van der Waals surface area (Å²) in [7, 11) is 0. The molecular formula is C9H12BrN3O. The van der Waals surface area contributed by atoms with Gasteiger partial charge in [-0.2, -0.15) is 5.10 Å². The van der Waals surface area contributed by atoms with E-state index in [1.165, 1.54) is 0 Å². The first-order chi connectivity index (χ1) is 6.65. The predicted octanol–water partition coefficient (Wildman–Crippen LogP) is 1.26. The second-order valence-electron chi connectivity index (χ2n) is 2.83. The zero-order valence-corrected chi connectivity index (χ0v) is 9.54. The van der Waals surface area contributed by atoms with Crippen LogP contribution in [0.4, 0.5) is 0 Å². The third kappa shape index (κ3) is 2.70. The van der Waals surface area contributed by atoms with Crippen LogP contribution in [0.2, 0.25) is 0 Å². The summed E-state index contributed by atoms with van der Waals surface area (Å²) in [5.74, 6) is -0.0661. The van der Waals surface area contributed by atoms with Gasteiger partial charge in [0.1, 0.15) is 6.54 Å². The van der Waals surface area contributed by atoms with Crippen molar-refractivity contribution in [2.24, 2.45) is 0 Å². The van der Waals surface area contributed by atoms with E-state index in [0.29, 0.717) is 6.54 Å². The van der Waals surface area contributed by atoms with Crippen molar-refractivity contribution in [2.75, 3.05) is 6.54 Å². The summed E-state index contributed by atoms with van der Waals surface area (Å²) in [5, 5.41) is 6.73. The maximum absolute atomic E-state index is 11.3. The Bertz CT molecular complexity index is 346. The Balaban J connectivity index is 2.56. The van der Waals surface area contributed by atoms with Crippen LogP contribution >= 0.6 is 15.9 Å². The molecule has 1 amide bonds. The number of aromatic nitrogens is 2. The summed E-state index contributed by atoms with van der Waals surface area (Å²) in [6, 6.07) is 0. The van der Waals surface area contributed by atoms with Gasteiger partial charge in [-0.25, -0.2) is 0 Å². The Morgan fingerprint density at radius 3 is 3.07 bits per heavy atom. The molecule has 0 aromatic carbocycles. The molecule has 1 heterocycles. The summed E-state index contributed by atoms with van der Waals surface area (Å²) < 4.78 is 2.55. The number of hydrogen-bond donors (Lipinski definition) is 1. The fourth-order valence-electron chi connectivity index (χ4n) is 0.961. The van der Waals surface area contributed by atoms with E-state index in [4.69, 9.17) is 0 Å². The highest BCUT2D eigenvalue weighted by molar-refractivity contribution is 9.10. The SMILES string of the molecule is C=CCNC(=O)Cn1ncc(Br)c1C. The van der Waals surface area contributed by atoms with Crippen molar-refractivity contribution < 1.29 is 4.79 Å². The Morgan fingerprint density at radius 2 is 2.57 bits per heavy atom. The number of carbonyl (C=O) groups excluding carboxylic acids is 1. The van der Waals surface area contributed by atoms with Gasteiger partial charge in [0.2, 0.25) is 5.91 Å². The minimum atomic E-state index is -0.0661. The lowest BCUT2D eigenvalue weighted by molar-refractivity contribution is -0.121. The van der Waals surface area contributed by atoms with Gasteiger partial charge in [-0.1, -0.05) is 6.08 Å². The molecule has 0 radical (unpaired) electrons. The average Bonchev–Trinajstić information content (AvgIpc) is 2.46. The largest absolute Gasteiger partial charge is 0.351 e. The van der Waals surface area contributed by atoms with E-state index in [9.17, 15) is 4.79 Å². The molecule has 1 N–H and O–H groups in total. The Hall–Kier alpha value is -1.10. The lowest BCUT2D eigenvalue weighted by atomic mass is 10.4. The lowest BCUT2D eigenvalue weighted by Crippen LogP contribution is -2.28. The molecular weight excluding hydrogens is 246 g/mol. The van der Waals surface area contributed by atoms with Crippen molar-refractivity contribution in [3.05, 3.63) is 29.0 Å². The summed E-state index contributed by atoms with van der Waals surface area (Å²) >= 11 is 3.33. The van der Waals surface area contributed by atoms with Gasteiger partial charge in [-0.3, -0.25) is 9.48 Å². The van der Waals surface area contributed by atoms with Crippen LogP contribution < -0.4 is 5.32 Å². The molecule has 0 aliphatic rings. The highest BCUT2D eigenvalue weighted by Crippen LogP contribution is 2.13. The number of nitrogens with zero attached hydrogens (tertiary/aromatic N) is 2. The molecule has 76 valence electrons. The van der Waals surface area contributed by atoms with Crippen LogP contribution in [0.1, 0.15) is 5.69 Å². The van der Waals surface area contributed by atoms with Gasteiger partial charge in [0.05, 0.1) is 16.4 Å². The molecule has 0 spiro atoms. The molecule has 0 aliphatic heterocycles. The van der Waals surface area contributed by atoms with Crippen LogP contribution in [0.3, 0.4) is 0 Å². The van der Waals surface area contributed by atoms with Crippen molar-refractivity contribution in [3.8, 4) is 0 Å². The summed E-state index contributed by atoms with van der Waals surface area (Å²) in [6.45, 7) is 6.15. The second-order valence-corrected chi connectivity index (χ2v) is 3.68. The molecule has 0 saturated carbocycles. The molecule has 0 aliphatic carbocycles. The summed E-state index contributed by atoms with van der Waals surface area (Å²) in [5.41, 5.74) is 0.943. The maximum atomic E-state index is 11.3. The zero-order valence-electron chi connectivity index (χ0n) is 7.96. The number of hydrogen-bond acceptors (Lipinski definition) is 2. The Labute approximate surface area is 91.1 Å². The fraction of sp³-hybridized carbons (Fsp3) is 0.333. The number of rotatable bonds is 4. The molecule has 0 unspecified atom stereocenters. The van der Waals surface area contributed by atoms with Gasteiger partial charge in [-0.05, 0) is 22.9 Å². The lowest BCUT2D eigenvalue weighted by Gasteiger charge is -2.04. The molecule has 0 bridgehead atoms. The van der Waals surface area contributed by atoms with Gasteiger partial charge in [0.15, 0.2) is 0 Å². The van der Waals surface area contributed by atoms with Crippen molar-refractivity contribution in [2.45, 2.75) is 13.5 Å². The van der Waals surface area contributed by atoms with Gasteiger partial charge in [0, 0.05) is 6.54 Å². The second kappa shape index (κ2) is 4.95. The molecule has 0 fully saturated rings. The number of amides is 1. The molecule has 4 nitrogen and oxygen atoms in total. The third-order valence-electron chi connectivity index (χ3n) is 1.78. The van der Waals surface area contributed by atoms with Crippen LogP contribution in [0.25, 0.3) is 0 Å². The minimum absolute atomic E-state index is 0.0661. The van der Waals surface area contributed by atoms with Gasteiger partial charge >= 0.3 is 0 Å². The fourth-order valence-corrected chi connectivity index (χ4v) is 1.26. The van der Waals surface area contributed by atoms with E-state index >= 15 is 0 Å². The van der Waals surface area contributed by atoms with Crippen LogP contribution in [0.5, 0.6) is 0 Å². The van der Waals surface area contributed by atoms with Crippen LogP contribution in [-0.2, 0) is 11.3 Å². The minimum Gasteiger partial charge on any atom is -0.351 e. The van der Waals surface area contributed by atoms with Crippen LogP contribution in [0.15, 0.2) is 23.3 Å². The number of carbonyl (C=O) groups is 1. The molecule has 1 aromatic heterocycles. The first kappa shape index (κ1) is 11.0. The van der Waals surface area contributed by atoms with E-state index in [0.717, 1.165) is 10.2 Å². The van der Waals surface area contributed by atoms with Crippen LogP contribution in [0, 0.1) is 6.92 Å². The van der Waals surface area contributed by atoms with Gasteiger partial charge < -0.3 is 5.32 Å². The monoisotopic (exact) mass is 257 g/mol. The van der Waals surface area contributed by atoms with Crippen molar-refractivity contribution in [1.82, 2.24) is 15.1 Å². The molecule has 14 heavy (non-hydrogen) atoms. The van der Waals surface area contributed by atoms with Crippen molar-refractivity contribution in [1.29, 1.82) is 0 Å². The highest BCUT2D eigenvalue weighted by Gasteiger charge is 2.06. The summed E-state index contributed by atoms with van der Waals surface area (Å²) in [6.07, 6.45) is 3.32. The Morgan fingerprint density at radius 1 is 1.86 bits per heavy atom. The van der Waals surface area contributed by atoms with E-state index in [1.807, 2.05) is 6.92 Å². The van der Waals surface area contributed by atoms with Crippen molar-refractivity contribution >= 4 is 21.8 Å². The van der Waals surface area contributed by atoms with E-state index in [-0.39, 0.29) is 12.5 Å². The van der Waals surface area contributed by atoms with Crippen molar-refractivity contribution in [3.63, 3.8) is 0 Å². The molecule has 0 saturated heterocycles. The number of halogens is 1. The van der Waals surface area contributed by atoms with E-state index < -0.39 is 0 Å². The molecule has 1 aromatic rings. The predicted molar refractivity (Wildman–Crippen MR) is 57.9 cm³/mol. The van der Waals surface area contributed by atoms with Gasteiger partial charge in [-0.15, -0.1) is 6.58 Å². The van der Waals surface area contributed by atoms with Gasteiger partial charge in [0.25, 0.3) is 0 Å². The first-order valence-electron chi connectivity index (χ1n) is 4.20. The van der Waals surface area contributed by atoms with E-state index in [1.54, 1.807) is 17.0 Å². The highest BCUT2D eigenvalue weighted by atomic mass is 79.9.